The minimum Gasteiger partial charge on any atom is -0.481 e. The lowest BCUT2D eigenvalue weighted by Crippen LogP contribution is -2.04. The normalized spacial score (nSPS) is 11.2. The highest BCUT2D eigenvalue weighted by Crippen LogP contribution is 2.17. The fourth-order valence-electron chi connectivity index (χ4n) is 1.44. The van der Waals surface area contributed by atoms with Crippen LogP contribution in [0.2, 0.25) is 0 Å². The van der Waals surface area contributed by atoms with Crippen molar-refractivity contribution in [1.29, 1.82) is 0 Å². The lowest BCUT2D eigenvalue weighted by molar-refractivity contribution is -0.139. The van der Waals surface area contributed by atoms with Gasteiger partial charge >= 0.3 is 5.97 Å². The van der Waals surface area contributed by atoms with Crippen molar-refractivity contribution < 1.29 is 14.7 Å². The molecule has 0 amide bonds. The van der Waals surface area contributed by atoms with E-state index in [0.29, 0.717) is 6.42 Å². The molecule has 1 aromatic carbocycles. The molecule has 84 valence electrons. The van der Waals surface area contributed by atoms with E-state index in [-0.39, 0.29) is 5.78 Å². The van der Waals surface area contributed by atoms with Crippen LogP contribution in [-0.2, 0) is 9.59 Å². The second-order valence-corrected chi connectivity index (χ2v) is 3.43. The molecule has 0 aliphatic heterocycles. The summed E-state index contributed by atoms with van der Waals surface area (Å²) in [5.74, 6) is -1.46. The number of carboxylic acids is 1. The van der Waals surface area contributed by atoms with E-state index >= 15 is 0 Å². The zero-order valence-corrected chi connectivity index (χ0v) is 9.14. The maximum Gasteiger partial charge on any atom is 0.311 e. The molecule has 0 fully saturated rings. The van der Waals surface area contributed by atoms with Gasteiger partial charge in [-0.3, -0.25) is 9.59 Å². The highest BCUT2D eigenvalue weighted by molar-refractivity contribution is 6.05. The number of ketones is 1. The number of carboxylic acid groups (broad SMARTS) is 1. The van der Waals surface area contributed by atoms with E-state index in [1.165, 1.54) is 6.08 Å². The zero-order chi connectivity index (χ0) is 12.0. The zero-order valence-electron chi connectivity index (χ0n) is 9.14. The van der Waals surface area contributed by atoms with Gasteiger partial charge < -0.3 is 5.11 Å². The molecule has 0 heterocycles. The van der Waals surface area contributed by atoms with Gasteiger partial charge in [0.1, 0.15) is 6.42 Å². The number of carbonyl (C=O) groups excluding carboxylic acids is 1. The molecule has 0 bridgehead atoms. The van der Waals surface area contributed by atoms with Crippen molar-refractivity contribution in [2.24, 2.45) is 0 Å². The lowest BCUT2D eigenvalue weighted by atomic mass is 10.0. The molecule has 0 saturated heterocycles. The number of rotatable bonds is 5. The smallest absolute Gasteiger partial charge is 0.311 e. The van der Waals surface area contributed by atoms with Gasteiger partial charge in [-0.05, 0) is 23.6 Å². The van der Waals surface area contributed by atoms with Crippen molar-refractivity contribution in [1.82, 2.24) is 0 Å². The van der Waals surface area contributed by atoms with Crippen LogP contribution in [0.3, 0.4) is 0 Å². The molecule has 0 atom stereocenters. The number of hydrogen-bond donors (Lipinski definition) is 1. The van der Waals surface area contributed by atoms with Crippen LogP contribution >= 0.6 is 0 Å². The van der Waals surface area contributed by atoms with Crippen molar-refractivity contribution in [3.8, 4) is 0 Å². The Morgan fingerprint density at radius 2 is 1.88 bits per heavy atom. The largest absolute Gasteiger partial charge is 0.481 e. The van der Waals surface area contributed by atoms with E-state index < -0.39 is 12.4 Å². The van der Waals surface area contributed by atoms with Crippen LogP contribution in [0.5, 0.6) is 0 Å². The van der Waals surface area contributed by atoms with Gasteiger partial charge in [0.05, 0.1) is 0 Å². The van der Waals surface area contributed by atoms with Crippen molar-refractivity contribution in [2.45, 2.75) is 19.8 Å². The fraction of sp³-hybridized carbons (Fsp3) is 0.231. The van der Waals surface area contributed by atoms with Crippen molar-refractivity contribution in [2.75, 3.05) is 0 Å². The molecular formula is C13H14O3. The van der Waals surface area contributed by atoms with Gasteiger partial charge in [-0.2, -0.15) is 0 Å². The summed E-state index contributed by atoms with van der Waals surface area (Å²) >= 11 is 0. The predicted molar refractivity (Wildman–Crippen MR) is 62.0 cm³/mol. The van der Waals surface area contributed by atoms with Gasteiger partial charge in [0, 0.05) is 0 Å². The van der Waals surface area contributed by atoms with Gasteiger partial charge in [-0.15, -0.1) is 0 Å². The van der Waals surface area contributed by atoms with Gasteiger partial charge in [0.25, 0.3) is 0 Å². The van der Waals surface area contributed by atoms with Crippen LogP contribution in [0.15, 0.2) is 36.4 Å². The number of allylic oxidation sites excluding steroid dienone is 2. The second-order valence-electron chi connectivity index (χ2n) is 3.43. The number of carbonyl (C=O) groups is 2. The summed E-state index contributed by atoms with van der Waals surface area (Å²) in [5, 5.41) is 8.49. The summed E-state index contributed by atoms with van der Waals surface area (Å²) in [6.07, 6.45) is 1.68. The van der Waals surface area contributed by atoms with Crippen LogP contribution < -0.4 is 0 Å². The molecule has 16 heavy (non-hydrogen) atoms. The Morgan fingerprint density at radius 3 is 2.38 bits per heavy atom. The van der Waals surface area contributed by atoms with Crippen LogP contribution in [0.1, 0.15) is 25.3 Å². The first-order valence-corrected chi connectivity index (χ1v) is 5.14. The number of hydrogen-bond acceptors (Lipinski definition) is 2. The second kappa shape index (κ2) is 5.85. The maximum atomic E-state index is 11.3. The van der Waals surface area contributed by atoms with E-state index in [0.717, 1.165) is 11.1 Å². The van der Waals surface area contributed by atoms with Crippen LogP contribution in [0.25, 0.3) is 5.57 Å². The van der Waals surface area contributed by atoms with E-state index in [1.807, 2.05) is 37.3 Å². The predicted octanol–water partition coefficient (Wildman–Crippen LogP) is 2.52. The first-order valence-electron chi connectivity index (χ1n) is 5.14. The Balaban J connectivity index is 2.86. The Kier molecular flexibility index (Phi) is 4.45. The van der Waals surface area contributed by atoms with Gasteiger partial charge in [-0.25, -0.2) is 0 Å². The molecule has 3 nitrogen and oxygen atoms in total. The molecule has 0 aliphatic rings. The van der Waals surface area contributed by atoms with Crippen molar-refractivity contribution in [3.63, 3.8) is 0 Å². The summed E-state index contributed by atoms with van der Waals surface area (Å²) < 4.78 is 0. The molecule has 0 unspecified atom stereocenters. The Labute approximate surface area is 94.4 Å². The SMILES string of the molecule is CC/C(=C\C(=O)CC(=O)O)c1ccccc1. The van der Waals surface area contributed by atoms with E-state index in [1.54, 1.807) is 0 Å². The van der Waals surface area contributed by atoms with Gasteiger partial charge in [0.15, 0.2) is 5.78 Å². The van der Waals surface area contributed by atoms with E-state index in [2.05, 4.69) is 0 Å². The molecular weight excluding hydrogens is 204 g/mol. The molecule has 1 aromatic rings. The standard InChI is InChI=1S/C13H14O3/c1-2-10(8-12(14)9-13(15)16)11-6-4-3-5-7-11/h3-8H,2,9H2,1H3,(H,15,16)/b10-8+. The third-order valence-corrected chi connectivity index (χ3v) is 2.19. The van der Waals surface area contributed by atoms with Gasteiger partial charge in [0.2, 0.25) is 0 Å². The molecule has 0 radical (unpaired) electrons. The third-order valence-electron chi connectivity index (χ3n) is 2.19. The average Bonchev–Trinajstić information content (AvgIpc) is 2.26. The van der Waals surface area contributed by atoms with Crippen molar-refractivity contribution >= 4 is 17.3 Å². The Hall–Kier alpha value is -1.90. The fourth-order valence-corrected chi connectivity index (χ4v) is 1.44. The lowest BCUT2D eigenvalue weighted by Gasteiger charge is -2.03. The van der Waals surface area contributed by atoms with E-state index in [9.17, 15) is 9.59 Å². The molecule has 1 rings (SSSR count). The first-order chi connectivity index (χ1) is 7.63. The Morgan fingerprint density at radius 1 is 1.25 bits per heavy atom. The molecule has 0 saturated carbocycles. The molecule has 1 N–H and O–H groups in total. The minimum absolute atomic E-state index is 0.367. The molecule has 0 aromatic heterocycles. The number of aliphatic carboxylic acids is 1. The molecule has 3 heteroatoms. The monoisotopic (exact) mass is 218 g/mol. The van der Waals surface area contributed by atoms with Crippen molar-refractivity contribution in [3.05, 3.63) is 42.0 Å². The highest BCUT2D eigenvalue weighted by atomic mass is 16.4. The summed E-state index contributed by atoms with van der Waals surface area (Å²) in [6.45, 7) is 1.94. The summed E-state index contributed by atoms with van der Waals surface area (Å²) in [4.78, 5) is 21.7. The maximum absolute atomic E-state index is 11.3. The van der Waals surface area contributed by atoms with Crippen LogP contribution in [-0.4, -0.2) is 16.9 Å². The Bertz CT molecular complexity index is 404. The first kappa shape index (κ1) is 12.2. The number of benzene rings is 1. The quantitative estimate of drug-likeness (QED) is 0.610. The van der Waals surface area contributed by atoms with Gasteiger partial charge in [-0.1, -0.05) is 37.3 Å². The summed E-state index contributed by atoms with van der Waals surface area (Å²) in [5.41, 5.74) is 1.83. The molecule has 0 aliphatic carbocycles. The van der Waals surface area contributed by atoms with Crippen LogP contribution in [0, 0.1) is 0 Å². The minimum atomic E-state index is -1.09. The van der Waals surface area contributed by atoms with Crippen LogP contribution in [0.4, 0.5) is 0 Å². The summed E-state index contributed by atoms with van der Waals surface area (Å²) in [6, 6.07) is 9.49. The summed E-state index contributed by atoms with van der Waals surface area (Å²) in [7, 11) is 0. The molecule has 0 spiro atoms. The average molecular weight is 218 g/mol. The third kappa shape index (κ3) is 3.69. The highest BCUT2D eigenvalue weighted by Gasteiger charge is 2.07. The van der Waals surface area contributed by atoms with E-state index in [4.69, 9.17) is 5.11 Å². The topological polar surface area (TPSA) is 54.4 Å².